The van der Waals surface area contributed by atoms with E-state index in [2.05, 4.69) is 5.32 Å². The van der Waals surface area contributed by atoms with Gasteiger partial charge in [-0.15, -0.1) is 0 Å². The number of nitrogens with two attached hydrogens (primary N) is 1. The monoisotopic (exact) mass is 238 g/mol. The second-order valence-electron chi connectivity index (χ2n) is 4.13. The Morgan fingerprint density at radius 1 is 1.47 bits per heavy atom. The summed E-state index contributed by atoms with van der Waals surface area (Å²) < 4.78 is 18.3. The molecule has 3 N–H and O–H groups in total. The van der Waals surface area contributed by atoms with Gasteiger partial charge in [-0.05, 0) is 30.5 Å². The van der Waals surface area contributed by atoms with Gasteiger partial charge in [-0.1, -0.05) is 0 Å². The molecule has 5 heteroatoms. The highest BCUT2D eigenvalue weighted by Crippen LogP contribution is 2.19. The lowest BCUT2D eigenvalue weighted by atomic mass is 10.2. The van der Waals surface area contributed by atoms with E-state index in [1.54, 1.807) is 6.07 Å². The van der Waals surface area contributed by atoms with Crippen molar-refractivity contribution in [3.63, 3.8) is 0 Å². The Kier molecular flexibility index (Phi) is 3.58. The van der Waals surface area contributed by atoms with Crippen molar-refractivity contribution in [2.24, 2.45) is 5.73 Å². The molecule has 0 saturated heterocycles. The van der Waals surface area contributed by atoms with E-state index in [-0.39, 0.29) is 19.1 Å². The van der Waals surface area contributed by atoms with Crippen molar-refractivity contribution in [2.75, 3.05) is 6.61 Å². The zero-order chi connectivity index (χ0) is 12.3. The third-order valence-electron chi connectivity index (χ3n) is 2.48. The van der Waals surface area contributed by atoms with Crippen LogP contribution in [0.3, 0.4) is 0 Å². The second kappa shape index (κ2) is 5.14. The number of hydrogen-bond donors (Lipinski definition) is 2. The molecule has 0 unspecified atom stereocenters. The Labute approximate surface area is 98.9 Å². The van der Waals surface area contributed by atoms with Crippen molar-refractivity contribution >= 4 is 5.91 Å². The molecular weight excluding hydrogens is 223 g/mol. The van der Waals surface area contributed by atoms with Crippen LogP contribution in [-0.2, 0) is 11.3 Å². The van der Waals surface area contributed by atoms with Gasteiger partial charge in [0.15, 0.2) is 6.61 Å². The van der Waals surface area contributed by atoms with Crippen LogP contribution in [0.1, 0.15) is 18.4 Å². The van der Waals surface area contributed by atoms with Crippen LogP contribution in [0.2, 0.25) is 0 Å². The number of amides is 1. The van der Waals surface area contributed by atoms with Gasteiger partial charge in [0.05, 0.1) is 0 Å². The van der Waals surface area contributed by atoms with Crippen molar-refractivity contribution in [1.29, 1.82) is 0 Å². The summed E-state index contributed by atoms with van der Waals surface area (Å²) in [6.45, 7) is 0.145. The van der Waals surface area contributed by atoms with Crippen molar-refractivity contribution < 1.29 is 13.9 Å². The summed E-state index contributed by atoms with van der Waals surface area (Å²) in [4.78, 5) is 11.4. The molecule has 0 bridgehead atoms. The van der Waals surface area contributed by atoms with E-state index >= 15 is 0 Å². The van der Waals surface area contributed by atoms with E-state index in [9.17, 15) is 9.18 Å². The molecule has 4 nitrogen and oxygen atoms in total. The summed E-state index contributed by atoms with van der Waals surface area (Å²) in [5, 5.41) is 2.78. The van der Waals surface area contributed by atoms with Gasteiger partial charge in [-0.25, -0.2) is 4.39 Å². The Hall–Kier alpha value is -1.62. The number of carbonyl (C=O) groups is 1. The van der Waals surface area contributed by atoms with E-state index < -0.39 is 5.82 Å². The van der Waals surface area contributed by atoms with E-state index in [1.165, 1.54) is 12.1 Å². The topological polar surface area (TPSA) is 64.3 Å². The molecule has 92 valence electrons. The van der Waals surface area contributed by atoms with Crippen LogP contribution < -0.4 is 15.8 Å². The minimum atomic E-state index is -0.412. The lowest BCUT2D eigenvalue weighted by Gasteiger charge is -2.08. The van der Waals surface area contributed by atoms with Crippen molar-refractivity contribution in [3.8, 4) is 5.75 Å². The molecule has 1 aliphatic rings. The summed E-state index contributed by atoms with van der Waals surface area (Å²) in [5.74, 6) is -0.256. The highest BCUT2D eigenvalue weighted by atomic mass is 19.1. The molecule has 1 aliphatic carbocycles. The fraction of sp³-hybridized carbons (Fsp3) is 0.417. The molecular formula is C12H15FN2O2. The molecule has 17 heavy (non-hydrogen) atoms. The first-order valence-electron chi connectivity index (χ1n) is 5.59. The number of nitrogens with one attached hydrogen (secondary N) is 1. The van der Waals surface area contributed by atoms with Gasteiger partial charge in [0.2, 0.25) is 0 Å². The maximum absolute atomic E-state index is 13.1. The first kappa shape index (κ1) is 11.9. The first-order chi connectivity index (χ1) is 8.17. The molecule has 0 spiro atoms. The van der Waals surface area contributed by atoms with Crippen molar-refractivity contribution in [3.05, 3.63) is 29.6 Å². The number of ether oxygens (including phenoxy) is 1. The maximum atomic E-state index is 13.1. The molecule has 0 heterocycles. The zero-order valence-electron chi connectivity index (χ0n) is 9.41. The normalized spacial score (nSPS) is 14.5. The van der Waals surface area contributed by atoms with Gasteiger partial charge in [0.25, 0.3) is 5.91 Å². The van der Waals surface area contributed by atoms with Crippen molar-refractivity contribution in [1.82, 2.24) is 5.32 Å². The molecule has 0 atom stereocenters. The molecule has 0 aromatic heterocycles. The Bertz CT molecular complexity index is 419. The summed E-state index contributed by atoms with van der Waals surface area (Å²) in [6, 6.07) is 4.52. The van der Waals surface area contributed by atoms with Gasteiger partial charge in [0, 0.05) is 18.7 Å². The van der Waals surface area contributed by atoms with E-state index in [0.29, 0.717) is 17.4 Å². The smallest absolute Gasteiger partial charge is 0.258 e. The summed E-state index contributed by atoms with van der Waals surface area (Å²) in [7, 11) is 0. The zero-order valence-corrected chi connectivity index (χ0v) is 9.41. The van der Waals surface area contributed by atoms with Gasteiger partial charge in [-0.2, -0.15) is 0 Å². The number of hydrogen-bond acceptors (Lipinski definition) is 3. The predicted octanol–water partition coefficient (Wildman–Crippen LogP) is 0.942. The van der Waals surface area contributed by atoms with Crippen LogP contribution in [0.4, 0.5) is 4.39 Å². The van der Waals surface area contributed by atoms with E-state index in [1.807, 2.05) is 0 Å². The summed E-state index contributed by atoms with van der Waals surface area (Å²) >= 11 is 0. The minimum Gasteiger partial charge on any atom is -0.484 e. The number of rotatable bonds is 5. The Morgan fingerprint density at radius 3 is 2.88 bits per heavy atom. The molecule has 1 fully saturated rings. The molecule has 1 aromatic rings. The number of halogens is 1. The SMILES string of the molecule is NCc1cc(F)cc(OCC(=O)NC2CC2)c1. The fourth-order valence-corrected chi connectivity index (χ4v) is 1.47. The largest absolute Gasteiger partial charge is 0.484 e. The standard InChI is InChI=1S/C12H15FN2O2/c13-9-3-8(6-14)4-11(5-9)17-7-12(16)15-10-1-2-10/h3-5,10H,1-2,6-7,14H2,(H,15,16). The maximum Gasteiger partial charge on any atom is 0.258 e. The molecule has 0 aliphatic heterocycles. The third-order valence-corrected chi connectivity index (χ3v) is 2.48. The predicted molar refractivity (Wildman–Crippen MR) is 61.0 cm³/mol. The average molecular weight is 238 g/mol. The van der Waals surface area contributed by atoms with Gasteiger partial charge in [0.1, 0.15) is 11.6 Å². The van der Waals surface area contributed by atoms with E-state index in [0.717, 1.165) is 12.8 Å². The lowest BCUT2D eigenvalue weighted by Crippen LogP contribution is -2.30. The molecule has 1 amide bonds. The lowest BCUT2D eigenvalue weighted by molar-refractivity contribution is -0.123. The molecule has 1 saturated carbocycles. The van der Waals surface area contributed by atoms with Crippen LogP contribution in [0.25, 0.3) is 0 Å². The number of carbonyl (C=O) groups excluding carboxylic acids is 1. The highest BCUT2D eigenvalue weighted by molar-refractivity contribution is 5.78. The van der Waals surface area contributed by atoms with Gasteiger partial charge in [-0.3, -0.25) is 4.79 Å². The summed E-state index contributed by atoms with van der Waals surface area (Å²) in [5.41, 5.74) is 6.06. The highest BCUT2D eigenvalue weighted by Gasteiger charge is 2.23. The number of benzene rings is 1. The van der Waals surface area contributed by atoms with Gasteiger partial charge >= 0.3 is 0 Å². The van der Waals surface area contributed by atoms with Crippen LogP contribution in [-0.4, -0.2) is 18.6 Å². The first-order valence-corrected chi connectivity index (χ1v) is 5.59. The molecule has 1 aromatic carbocycles. The minimum absolute atomic E-state index is 0.0933. The van der Waals surface area contributed by atoms with Crippen LogP contribution >= 0.6 is 0 Å². The quantitative estimate of drug-likeness (QED) is 0.802. The third kappa shape index (κ3) is 3.71. The average Bonchev–Trinajstić information content (AvgIpc) is 3.09. The van der Waals surface area contributed by atoms with E-state index in [4.69, 9.17) is 10.5 Å². The molecule has 0 radical (unpaired) electrons. The van der Waals surface area contributed by atoms with Crippen LogP contribution in [0.15, 0.2) is 18.2 Å². The summed E-state index contributed by atoms with van der Waals surface area (Å²) in [6.07, 6.45) is 2.06. The second-order valence-corrected chi connectivity index (χ2v) is 4.13. The van der Waals surface area contributed by atoms with Crippen LogP contribution in [0, 0.1) is 5.82 Å². The van der Waals surface area contributed by atoms with Crippen molar-refractivity contribution in [2.45, 2.75) is 25.4 Å². The van der Waals surface area contributed by atoms with Gasteiger partial charge < -0.3 is 15.8 Å². The Balaban J connectivity index is 1.88. The fourth-order valence-electron chi connectivity index (χ4n) is 1.47. The Morgan fingerprint density at radius 2 is 2.24 bits per heavy atom. The molecule has 2 rings (SSSR count). The van der Waals surface area contributed by atoms with Crippen LogP contribution in [0.5, 0.6) is 5.75 Å².